The molecule has 2 heterocycles. The molecule has 1 aromatic carbocycles. The summed E-state index contributed by atoms with van der Waals surface area (Å²) >= 11 is 0. The van der Waals surface area contributed by atoms with Gasteiger partial charge in [0, 0.05) is 12.2 Å². The van der Waals surface area contributed by atoms with Gasteiger partial charge in [0.1, 0.15) is 6.33 Å². The highest BCUT2D eigenvalue weighted by Gasteiger charge is 2.26. The average molecular weight is 267 g/mol. The first-order valence-corrected chi connectivity index (χ1v) is 6.86. The Bertz CT molecular complexity index is 646. The number of aryl methyl sites for hydroxylation is 3. The minimum absolute atomic E-state index is 0.00718. The molecule has 1 aliphatic rings. The van der Waals surface area contributed by atoms with Gasteiger partial charge in [0.05, 0.1) is 17.0 Å². The monoisotopic (exact) mass is 267 g/mol. The van der Waals surface area contributed by atoms with Gasteiger partial charge in [0.15, 0.2) is 0 Å². The summed E-state index contributed by atoms with van der Waals surface area (Å²) in [4.78, 5) is 23.0. The van der Waals surface area contributed by atoms with Crippen molar-refractivity contribution < 1.29 is 4.79 Å². The molecular formula is C16H17N3O. The first-order valence-electron chi connectivity index (χ1n) is 6.86. The van der Waals surface area contributed by atoms with Crippen molar-refractivity contribution in [3.8, 4) is 0 Å². The lowest BCUT2D eigenvalue weighted by Crippen LogP contribution is -2.36. The van der Waals surface area contributed by atoms with E-state index in [0.717, 1.165) is 36.5 Å². The Morgan fingerprint density at radius 2 is 1.85 bits per heavy atom. The average Bonchev–Trinajstić information content (AvgIpc) is 2.46. The molecule has 0 bridgehead atoms. The highest BCUT2D eigenvalue weighted by Crippen LogP contribution is 2.28. The highest BCUT2D eigenvalue weighted by atomic mass is 16.2. The highest BCUT2D eigenvalue weighted by molar-refractivity contribution is 6.08. The van der Waals surface area contributed by atoms with Gasteiger partial charge in [-0.2, -0.15) is 0 Å². The predicted octanol–water partition coefficient (Wildman–Crippen LogP) is 2.69. The number of fused-ring (bicyclic) bond motifs is 1. The fraction of sp³-hybridized carbons (Fsp3) is 0.312. The molecule has 4 heteroatoms. The summed E-state index contributed by atoms with van der Waals surface area (Å²) in [6.45, 7) is 4.47. The zero-order valence-electron chi connectivity index (χ0n) is 11.8. The van der Waals surface area contributed by atoms with Gasteiger partial charge in [-0.05, 0) is 38.3 Å². The van der Waals surface area contributed by atoms with Gasteiger partial charge in [0.25, 0.3) is 5.91 Å². The second kappa shape index (κ2) is 5.04. The number of amides is 1. The van der Waals surface area contributed by atoms with Crippen LogP contribution >= 0.6 is 0 Å². The van der Waals surface area contributed by atoms with Crippen molar-refractivity contribution in [2.24, 2.45) is 0 Å². The number of carbonyl (C=O) groups excluding carboxylic acids is 1. The molecule has 102 valence electrons. The maximum atomic E-state index is 12.9. The summed E-state index contributed by atoms with van der Waals surface area (Å²) in [7, 11) is 0. The van der Waals surface area contributed by atoms with Crippen molar-refractivity contribution in [2.45, 2.75) is 26.7 Å². The first-order chi connectivity index (χ1) is 9.68. The minimum atomic E-state index is 0.00718. The lowest BCUT2D eigenvalue weighted by atomic mass is 10.0. The third-order valence-electron chi connectivity index (χ3n) is 3.80. The quantitative estimate of drug-likeness (QED) is 0.798. The normalized spacial score (nSPS) is 14.0. The molecule has 1 amide bonds. The Balaban J connectivity index is 2.05. The smallest absolute Gasteiger partial charge is 0.261 e. The van der Waals surface area contributed by atoms with E-state index in [1.165, 1.54) is 11.9 Å². The number of aromatic nitrogens is 2. The Kier molecular flexibility index (Phi) is 3.22. The molecule has 4 nitrogen and oxygen atoms in total. The standard InChI is InChI=1S/C16H17N3O/c1-11-15(12(2)18-10-17-11)16(20)19-9-5-7-13-6-3-4-8-14(13)19/h3-4,6,8,10H,5,7,9H2,1-2H3. The van der Waals surface area contributed by atoms with Crippen LogP contribution in [0, 0.1) is 13.8 Å². The van der Waals surface area contributed by atoms with E-state index >= 15 is 0 Å². The van der Waals surface area contributed by atoms with Crippen molar-refractivity contribution in [3.05, 3.63) is 53.1 Å². The van der Waals surface area contributed by atoms with E-state index in [9.17, 15) is 4.79 Å². The number of benzene rings is 1. The van der Waals surface area contributed by atoms with Crippen molar-refractivity contribution in [2.75, 3.05) is 11.4 Å². The summed E-state index contributed by atoms with van der Waals surface area (Å²) < 4.78 is 0. The van der Waals surface area contributed by atoms with Crippen molar-refractivity contribution in [1.29, 1.82) is 0 Å². The van der Waals surface area contributed by atoms with Crippen LogP contribution in [-0.4, -0.2) is 22.4 Å². The molecule has 0 radical (unpaired) electrons. The van der Waals surface area contributed by atoms with E-state index < -0.39 is 0 Å². The van der Waals surface area contributed by atoms with E-state index in [1.807, 2.05) is 36.9 Å². The summed E-state index contributed by atoms with van der Waals surface area (Å²) in [6, 6.07) is 8.11. The number of hydrogen-bond donors (Lipinski definition) is 0. The Morgan fingerprint density at radius 3 is 2.60 bits per heavy atom. The molecule has 20 heavy (non-hydrogen) atoms. The van der Waals surface area contributed by atoms with E-state index in [1.54, 1.807) is 0 Å². The van der Waals surface area contributed by atoms with Gasteiger partial charge < -0.3 is 4.90 Å². The van der Waals surface area contributed by atoms with Crippen LogP contribution in [0.25, 0.3) is 0 Å². The van der Waals surface area contributed by atoms with Crippen LogP contribution in [-0.2, 0) is 6.42 Å². The fourth-order valence-corrected chi connectivity index (χ4v) is 2.78. The molecule has 0 spiro atoms. The molecule has 1 aliphatic heterocycles. The summed E-state index contributed by atoms with van der Waals surface area (Å²) in [5.41, 5.74) is 4.37. The summed E-state index contributed by atoms with van der Waals surface area (Å²) in [5, 5.41) is 0. The Morgan fingerprint density at radius 1 is 1.15 bits per heavy atom. The molecule has 0 saturated carbocycles. The van der Waals surface area contributed by atoms with Crippen molar-refractivity contribution >= 4 is 11.6 Å². The van der Waals surface area contributed by atoms with Gasteiger partial charge in [-0.15, -0.1) is 0 Å². The van der Waals surface area contributed by atoms with Gasteiger partial charge in [-0.3, -0.25) is 4.79 Å². The number of para-hydroxylation sites is 1. The number of anilines is 1. The predicted molar refractivity (Wildman–Crippen MR) is 77.9 cm³/mol. The molecule has 0 aliphatic carbocycles. The van der Waals surface area contributed by atoms with Gasteiger partial charge in [-0.1, -0.05) is 18.2 Å². The molecular weight excluding hydrogens is 250 g/mol. The summed E-state index contributed by atoms with van der Waals surface area (Å²) in [5.74, 6) is 0.00718. The maximum absolute atomic E-state index is 12.9. The Labute approximate surface area is 118 Å². The molecule has 0 N–H and O–H groups in total. The lowest BCUT2D eigenvalue weighted by molar-refractivity contribution is 0.0983. The van der Waals surface area contributed by atoms with Crippen LogP contribution in [0.5, 0.6) is 0 Å². The van der Waals surface area contributed by atoms with Crippen LogP contribution in [0.4, 0.5) is 5.69 Å². The second-order valence-corrected chi connectivity index (χ2v) is 5.11. The first kappa shape index (κ1) is 12.8. The van der Waals surface area contributed by atoms with E-state index in [4.69, 9.17) is 0 Å². The fourth-order valence-electron chi connectivity index (χ4n) is 2.78. The van der Waals surface area contributed by atoms with Gasteiger partial charge >= 0.3 is 0 Å². The van der Waals surface area contributed by atoms with Crippen molar-refractivity contribution in [3.63, 3.8) is 0 Å². The number of rotatable bonds is 1. The van der Waals surface area contributed by atoms with E-state index in [2.05, 4.69) is 16.0 Å². The van der Waals surface area contributed by atoms with E-state index in [0.29, 0.717) is 5.56 Å². The summed E-state index contributed by atoms with van der Waals surface area (Å²) in [6.07, 6.45) is 3.53. The number of hydrogen-bond acceptors (Lipinski definition) is 3. The molecule has 3 rings (SSSR count). The molecule has 0 fully saturated rings. The van der Waals surface area contributed by atoms with Crippen LogP contribution in [0.15, 0.2) is 30.6 Å². The third kappa shape index (κ3) is 2.07. The van der Waals surface area contributed by atoms with Crippen LogP contribution in [0.1, 0.15) is 33.7 Å². The second-order valence-electron chi connectivity index (χ2n) is 5.11. The SMILES string of the molecule is Cc1ncnc(C)c1C(=O)N1CCCc2ccccc21. The minimum Gasteiger partial charge on any atom is -0.308 e. The topological polar surface area (TPSA) is 46.1 Å². The zero-order valence-corrected chi connectivity index (χ0v) is 11.8. The van der Waals surface area contributed by atoms with E-state index in [-0.39, 0.29) is 5.91 Å². The molecule has 0 unspecified atom stereocenters. The van der Waals surface area contributed by atoms with Gasteiger partial charge in [0.2, 0.25) is 0 Å². The van der Waals surface area contributed by atoms with Crippen LogP contribution < -0.4 is 4.90 Å². The van der Waals surface area contributed by atoms with Crippen LogP contribution in [0.3, 0.4) is 0 Å². The molecule has 1 aromatic heterocycles. The molecule has 0 saturated heterocycles. The number of nitrogens with zero attached hydrogens (tertiary/aromatic N) is 3. The lowest BCUT2D eigenvalue weighted by Gasteiger charge is -2.30. The molecule has 2 aromatic rings. The van der Waals surface area contributed by atoms with Crippen molar-refractivity contribution in [1.82, 2.24) is 9.97 Å². The Hall–Kier alpha value is -2.23. The van der Waals surface area contributed by atoms with Gasteiger partial charge in [-0.25, -0.2) is 9.97 Å². The largest absolute Gasteiger partial charge is 0.308 e. The zero-order chi connectivity index (χ0) is 14.1. The maximum Gasteiger partial charge on any atom is 0.261 e. The van der Waals surface area contributed by atoms with Crippen LogP contribution in [0.2, 0.25) is 0 Å². The molecule has 0 atom stereocenters. The number of carbonyl (C=O) groups is 1. The third-order valence-corrected chi connectivity index (χ3v) is 3.80.